The van der Waals surface area contributed by atoms with Crippen LogP contribution in [0.3, 0.4) is 0 Å². The number of aliphatic carboxylic acids is 1. The van der Waals surface area contributed by atoms with E-state index in [1.807, 2.05) is 0 Å². The molecule has 5 heteroatoms. The molecule has 10 heavy (non-hydrogen) atoms. The Bertz CT molecular complexity index is 134. The van der Waals surface area contributed by atoms with Gasteiger partial charge in [0.15, 0.2) is 0 Å². The zero-order chi connectivity index (χ0) is 7.98. The summed E-state index contributed by atoms with van der Waals surface area (Å²) in [5.41, 5.74) is 0. The van der Waals surface area contributed by atoms with Gasteiger partial charge < -0.3 is 15.5 Å². The summed E-state index contributed by atoms with van der Waals surface area (Å²) in [6.45, 7) is -0.446. The van der Waals surface area contributed by atoms with Crippen LogP contribution in [0.1, 0.15) is 12.8 Å². The average molecular weight is 147 g/mol. The number of rotatable bonds is 4. The fourth-order valence-corrected chi connectivity index (χ4v) is 0.397. The maximum Gasteiger partial charge on any atom is 0.303 e. The SMILES string of the molecule is O=C(O)CCC(=O)NCO. The summed E-state index contributed by atoms with van der Waals surface area (Å²) in [6.07, 6.45) is -0.290. The standard InChI is InChI=1S/C5H9NO4/c7-3-6-4(8)1-2-5(9)10/h7H,1-3H2,(H,6,8)(H,9,10). The van der Waals surface area contributed by atoms with Gasteiger partial charge in [-0.25, -0.2) is 0 Å². The van der Waals surface area contributed by atoms with E-state index in [1.165, 1.54) is 0 Å². The molecule has 0 aromatic carbocycles. The van der Waals surface area contributed by atoms with E-state index in [4.69, 9.17) is 10.2 Å². The molecule has 5 nitrogen and oxygen atoms in total. The van der Waals surface area contributed by atoms with Crippen molar-refractivity contribution in [3.05, 3.63) is 0 Å². The molecule has 58 valence electrons. The van der Waals surface area contributed by atoms with E-state index in [2.05, 4.69) is 5.32 Å². The van der Waals surface area contributed by atoms with Crippen molar-refractivity contribution in [3.8, 4) is 0 Å². The van der Waals surface area contributed by atoms with Gasteiger partial charge in [0.05, 0.1) is 6.42 Å². The maximum atomic E-state index is 10.4. The molecule has 0 aliphatic rings. The zero-order valence-corrected chi connectivity index (χ0v) is 5.33. The third kappa shape index (κ3) is 5.04. The summed E-state index contributed by atoms with van der Waals surface area (Å²) in [5.74, 6) is -1.47. The third-order valence-corrected chi connectivity index (χ3v) is 0.842. The summed E-state index contributed by atoms with van der Waals surface area (Å²) >= 11 is 0. The summed E-state index contributed by atoms with van der Waals surface area (Å²) in [7, 11) is 0. The Morgan fingerprint density at radius 2 is 1.90 bits per heavy atom. The Balaban J connectivity index is 3.30. The van der Waals surface area contributed by atoms with Crippen molar-refractivity contribution < 1.29 is 19.8 Å². The Hall–Kier alpha value is -1.10. The summed E-state index contributed by atoms with van der Waals surface area (Å²) in [5, 5.41) is 18.3. The largest absolute Gasteiger partial charge is 0.481 e. The van der Waals surface area contributed by atoms with Crippen LogP contribution in [0.15, 0.2) is 0 Å². The van der Waals surface area contributed by atoms with Crippen LogP contribution in [0.25, 0.3) is 0 Å². The smallest absolute Gasteiger partial charge is 0.303 e. The number of hydrogen-bond acceptors (Lipinski definition) is 3. The van der Waals surface area contributed by atoms with Gasteiger partial charge in [0.2, 0.25) is 5.91 Å². The Morgan fingerprint density at radius 3 is 2.30 bits per heavy atom. The van der Waals surface area contributed by atoms with Gasteiger partial charge in [-0.15, -0.1) is 0 Å². The summed E-state index contributed by atoms with van der Waals surface area (Å²) in [6, 6.07) is 0. The number of nitrogens with one attached hydrogen (secondary N) is 1. The van der Waals surface area contributed by atoms with E-state index in [-0.39, 0.29) is 12.8 Å². The molecular formula is C5H9NO4. The van der Waals surface area contributed by atoms with Crippen LogP contribution < -0.4 is 5.32 Å². The fourth-order valence-electron chi connectivity index (χ4n) is 0.397. The number of aliphatic hydroxyl groups is 1. The lowest BCUT2D eigenvalue weighted by atomic mass is 10.3. The maximum absolute atomic E-state index is 10.4. The van der Waals surface area contributed by atoms with Crippen molar-refractivity contribution in [2.45, 2.75) is 12.8 Å². The van der Waals surface area contributed by atoms with Crippen LogP contribution in [0, 0.1) is 0 Å². The van der Waals surface area contributed by atoms with E-state index < -0.39 is 18.6 Å². The Kier molecular flexibility index (Phi) is 4.23. The fraction of sp³-hybridized carbons (Fsp3) is 0.600. The van der Waals surface area contributed by atoms with Crippen LogP contribution in [0.2, 0.25) is 0 Å². The number of carbonyl (C=O) groups excluding carboxylic acids is 1. The van der Waals surface area contributed by atoms with Crippen molar-refractivity contribution in [2.75, 3.05) is 6.73 Å². The molecule has 1 amide bonds. The molecule has 0 heterocycles. The highest BCUT2D eigenvalue weighted by molar-refractivity contribution is 5.80. The number of carboxylic acid groups (broad SMARTS) is 1. The monoisotopic (exact) mass is 147 g/mol. The minimum Gasteiger partial charge on any atom is -0.481 e. The van der Waals surface area contributed by atoms with Crippen LogP contribution >= 0.6 is 0 Å². The van der Waals surface area contributed by atoms with Crippen molar-refractivity contribution in [1.29, 1.82) is 0 Å². The van der Waals surface area contributed by atoms with E-state index in [9.17, 15) is 9.59 Å². The number of hydrogen-bond donors (Lipinski definition) is 3. The van der Waals surface area contributed by atoms with Gasteiger partial charge in [-0.2, -0.15) is 0 Å². The molecule has 0 atom stereocenters. The van der Waals surface area contributed by atoms with Crippen LogP contribution in [0.4, 0.5) is 0 Å². The van der Waals surface area contributed by atoms with Gasteiger partial charge in [0.25, 0.3) is 0 Å². The molecule has 0 unspecified atom stereocenters. The molecule has 0 saturated carbocycles. The molecule has 0 rings (SSSR count). The number of carbonyl (C=O) groups is 2. The van der Waals surface area contributed by atoms with Crippen LogP contribution in [0.5, 0.6) is 0 Å². The highest BCUT2D eigenvalue weighted by atomic mass is 16.4. The van der Waals surface area contributed by atoms with E-state index in [0.29, 0.717) is 0 Å². The van der Waals surface area contributed by atoms with E-state index in [1.54, 1.807) is 0 Å². The van der Waals surface area contributed by atoms with Crippen LogP contribution in [-0.2, 0) is 9.59 Å². The Labute approximate surface area is 57.7 Å². The first-order valence-corrected chi connectivity index (χ1v) is 2.76. The zero-order valence-electron chi connectivity index (χ0n) is 5.33. The minimum atomic E-state index is -1.02. The molecular weight excluding hydrogens is 138 g/mol. The van der Waals surface area contributed by atoms with Crippen molar-refractivity contribution >= 4 is 11.9 Å². The number of amides is 1. The molecule has 0 spiro atoms. The first kappa shape index (κ1) is 8.90. The second kappa shape index (κ2) is 4.75. The van der Waals surface area contributed by atoms with Crippen molar-refractivity contribution in [3.63, 3.8) is 0 Å². The topological polar surface area (TPSA) is 86.6 Å². The second-order valence-corrected chi connectivity index (χ2v) is 1.65. The molecule has 3 N–H and O–H groups in total. The predicted molar refractivity (Wildman–Crippen MR) is 32.1 cm³/mol. The molecule has 0 aliphatic carbocycles. The van der Waals surface area contributed by atoms with Gasteiger partial charge in [-0.1, -0.05) is 0 Å². The van der Waals surface area contributed by atoms with Gasteiger partial charge in [0.1, 0.15) is 6.73 Å². The molecule has 0 radical (unpaired) electrons. The quantitative estimate of drug-likeness (QED) is 0.441. The van der Waals surface area contributed by atoms with E-state index >= 15 is 0 Å². The first-order valence-electron chi connectivity index (χ1n) is 2.76. The molecule has 0 bridgehead atoms. The average Bonchev–Trinajstić information content (AvgIpc) is 1.85. The highest BCUT2D eigenvalue weighted by Gasteiger charge is 2.02. The normalized spacial score (nSPS) is 8.90. The lowest BCUT2D eigenvalue weighted by Gasteiger charge is -1.96. The number of aliphatic hydroxyl groups excluding tert-OH is 1. The highest BCUT2D eigenvalue weighted by Crippen LogP contribution is 1.86. The van der Waals surface area contributed by atoms with Gasteiger partial charge in [-0.3, -0.25) is 9.59 Å². The molecule has 0 fully saturated rings. The summed E-state index contributed by atoms with van der Waals surface area (Å²) in [4.78, 5) is 20.3. The van der Waals surface area contributed by atoms with Gasteiger partial charge in [-0.05, 0) is 0 Å². The number of carboxylic acids is 1. The molecule has 0 aromatic rings. The Morgan fingerprint density at radius 1 is 1.30 bits per heavy atom. The molecule has 0 aliphatic heterocycles. The van der Waals surface area contributed by atoms with Gasteiger partial charge in [0, 0.05) is 6.42 Å². The van der Waals surface area contributed by atoms with Gasteiger partial charge >= 0.3 is 5.97 Å². The molecule has 0 aromatic heterocycles. The second-order valence-electron chi connectivity index (χ2n) is 1.65. The minimum absolute atomic E-state index is 0.0874. The lowest BCUT2D eigenvalue weighted by molar-refractivity contribution is -0.139. The third-order valence-electron chi connectivity index (χ3n) is 0.842. The summed E-state index contributed by atoms with van der Waals surface area (Å²) < 4.78 is 0. The lowest BCUT2D eigenvalue weighted by Crippen LogP contribution is -2.24. The molecule has 0 saturated heterocycles. The first-order chi connectivity index (χ1) is 4.66. The van der Waals surface area contributed by atoms with E-state index in [0.717, 1.165) is 0 Å². The van der Waals surface area contributed by atoms with Crippen molar-refractivity contribution in [1.82, 2.24) is 5.32 Å². The van der Waals surface area contributed by atoms with Crippen molar-refractivity contribution in [2.24, 2.45) is 0 Å². The predicted octanol–water partition coefficient (Wildman–Crippen LogP) is -1.08. The van der Waals surface area contributed by atoms with Crippen LogP contribution in [-0.4, -0.2) is 28.8 Å².